The molecular formula is C16H27ClN4O2. The predicted octanol–water partition coefficient (Wildman–Crippen LogP) is 3.39. The van der Waals surface area contributed by atoms with Crippen molar-refractivity contribution >= 4 is 24.2 Å². The number of hydrogen-bond acceptors (Lipinski definition) is 4. The predicted molar refractivity (Wildman–Crippen MR) is 89.5 cm³/mol. The van der Waals surface area contributed by atoms with Crippen LogP contribution in [0.5, 0.6) is 0 Å². The molecule has 1 aromatic rings. The van der Waals surface area contributed by atoms with Gasteiger partial charge in [-0.2, -0.15) is 0 Å². The first kappa shape index (κ1) is 18.0. The normalized spacial score (nSPS) is 25.7. The maximum Gasteiger partial charge on any atom is 0.257 e. The molecule has 0 aromatic carbocycles. The summed E-state index contributed by atoms with van der Waals surface area (Å²) in [6.45, 7) is 4.39. The molecule has 0 spiro atoms. The van der Waals surface area contributed by atoms with Gasteiger partial charge in [0.25, 0.3) is 6.20 Å². The molecule has 1 aromatic heterocycles. The molecular weight excluding hydrogens is 316 g/mol. The van der Waals surface area contributed by atoms with Crippen LogP contribution >= 0.6 is 12.4 Å². The molecule has 1 amide bonds. The average molecular weight is 343 g/mol. The summed E-state index contributed by atoms with van der Waals surface area (Å²) in [5.41, 5.74) is 0. The molecule has 1 saturated heterocycles. The zero-order valence-corrected chi connectivity index (χ0v) is 14.8. The highest BCUT2D eigenvalue weighted by atomic mass is 35.5. The molecule has 2 atom stereocenters. The Morgan fingerprint density at radius 2 is 1.83 bits per heavy atom. The van der Waals surface area contributed by atoms with E-state index in [9.17, 15) is 4.79 Å². The van der Waals surface area contributed by atoms with E-state index in [0.29, 0.717) is 18.0 Å². The molecule has 2 fully saturated rings. The van der Waals surface area contributed by atoms with Gasteiger partial charge in [0.15, 0.2) is 0 Å². The largest absolute Gasteiger partial charge is 0.588 e. The zero-order valence-electron chi connectivity index (χ0n) is 14.0. The van der Waals surface area contributed by atoms with Gasteiger partial charge >= 0.3 is 0 Å². The summed E-state index contributed by atoms with van der Waals surface area (Å²) in [6.07, 6.45) is 10.7. The van der Waals surface area contributed by atoms with Gasteiger partial charge in [-0.05, 0) is 46.0 Å². The van der Waals surface area contributed by atoms with E-state index in [4.69, 9.17) is 4.52 Å². The number of amides is 1. The van der Waals surface area contributed by atoms with Crippen LogP contribution in [0.1, 0.15) is 65.2 Å². The van der Waals surface area contributed by atoms with Crippen molar-refractivity contribution in [1.82, 2.24) is 5.27 Å². The fourth-order valence-corrected chi connectivity index (χ4v) is 3.75. The van der Waals surface area contributed by atoms with Crippen LogP contribution in [-0.2, 0) is 4.79 Å². The van der Waals surface area contributed by atoms with E-state index in [2.05, 4.69) is 29.4 Å². The molecule has 6 nitrogen and oxygen atoms in total. The fraction of sp³-hybridized carbons (Fsp3) is 0.812. The molecule has 2 heterocycles. The number of hydrogen-bond donors (Lipinski definition) is 0. The van der Waals surface area contributed by atoms with E-state index in [1.54, 1.807) is 11.0 Å². The number of carbonyl (C=O) groups excluding carboxylic acids is 1. The third-order valence-electron chi connectivity index (χ3n) is 5.00. The van der Waals surface area contributed by atoms with Crippen molar-refractivity contribution in [3.8, 4) is 0 Å². The van der Waals surface area contributed by atoms with Gasteiger partial charge in [0.05, 0.1) is 22.8 Å². The van der Waals surface area contributed by atoms with Crippen molar-refractivity contribution in [2.45, 2.75) is 77.3 Å². The van der Waals surface area contributed by atoms with E-state index in [1.807, 2.05) is 0 Å². The topological polar surface area (TPSA) is 64.3 Å². The lowest BCUT2D eigenvalue weighted by molar-refractivity contribution is -0.765. The van der Waals surface area contributed by atoms with Crippen molar-refractivity contribution in [1.29, 1.82) is 0 Å². The third kappa shape index (κ3) is 4.16. The molecule has 0 bridgehead atoms. The van der Waals surface area contributed by atoms with E-state index in [0.717, 1.165) is 38.5 Å². The summed E-state index contributed by atoms with van der Waals surface area (Å²) in [5.74, 6) is 0.337. The molecule has 130 valence electrons. The summed E-state index contributed by atoms with van der Waals surface area (Å²) in [6, 6.07) is 0.835. The van der Waals surface area contributed by atoms with Crippen LogP contribution in [0.3, 0.4) is 0 Å². The van der Waals surface area contributed by atoms with Crippen molar-refractivity contribution in [2.75, 3.05) is 5.01 Å². The molecule has 0 radical (unpaired) electrons. The Bertz CT molecular complexity index is 506. The van der Waals surface area contributed by atoms with Crippen LogP contribution in [0.4, 0.5) is 5.88 Å². The minimum Gasteiger partial charge on any atom is -0.588 e. The second kappa shape index (κ2) is 7.99. The lowest BCUT2D eigenvalue weighted by atomic mass is 9.89. The first-order valence-electron chi connectivity index (χ1n) is 8.58. The van der Waals surface area contributed by atoms with E-state index >= 15 is 0 Å². The maximum absolute atomic E-state index is 12.2. The number of carbonyl (C=O) groups is 1. The van der Waals surface area contributed by atoms with Crippen molar-refractivity contribution < 1.29 is 14.1 Å². The average Bonchev–Trinajstić information content (AvgIpc) is 2.96. The van der Waals surface area contributed by atoms with Gasteiger partial charge in [-0.15, -0.1) is 17.4 Å². The molecule has 0 N–H and O–H groups in total. The number of piperidine rings is 1. The highest BCUT2D eigenvalue weighted by molar-refractivity contribution is 5.96. The first-order valence-corrected chi connectivity index (χ1v) is 8.58. The van der Waals surface area contributed by atoms with Gasteiger partial charge in [0.1, 0.15) is 5.88 Å². The van der Waals surface area contributed by atoms with Crippen LogP contribution in [-0.4, -0.2) is 23.3 Å². The van der Waals surface area contributed by atoms with Crippen LogP contribution in [0.15, 0.2) is 10.7 Å². The van der Waals surface area contributed by atoms with Crippen molar-refractivity contribution in [3.63, 3.8) is 0 Å². The second-order valence-corrected chi connectivity index (χ2v) is 6.75. The summed E-state index contributed by atoms with van der Waals surface area (Å²) in [4.78, 5) is 13.9. The van der Waals surface area contributed by atoms with Gasteiger partial charge in [0, 0.05) is 5.92 Å². The van der Waals surface area contributed by atoms with Gasteiger partial charge in [-0.1, -0.05) is 19.3 Å². The van der Waals surface area contributed by atoms with Gasteiger partial charge < -0.3 is 14.6 Å². The molecule has 7 heteroatoms. The Labute approximate surface area is 143 Å². The highest BCUT2D eigenvalue weighted by Crippen LogP contribution is 2.29. The Morgan fingerprint density at radius 3 is 2.48 bits per heavy atom. The Hall–Kier alpha value is -1.30. The quantitative estimate of drug-likeness (QED) is 0.790. The smallest absolute Gasteiger partial charge is 0.257 e. The van der Waals surface area contributed by atoms with E-state index in [-0.39, 0.29) is 24.2 Å². The summed E-state index contributed by atoms with van der Waals surface area (Å²) in [7, 11) is 0. The third-order valence-corrected chi connectivity index (χ3v) is 5.00. The minimum atomic E-state index is -0.0530. The van der Waals surface area contributed by atoms with Gasteiger partial charge in [0.2, 0.25) is 5.27 Å². The van der Waals surface area contributed by atoms with Crippen molar-refractivity contribution in [3.05, 3.63) is 11.5 Å². The molecule has 2 unspecified atom stereocenters. The minimum absolute atomic E-state index is 0. The van der Waals surface area contributed by atoms with Crippen LogP contribution in [0.25, 0.3) is 5.32 Å². The molecule has 1 aliphatic heterocycles. The highest BCUT2D eigenvalue weighted by Gasteiger charge is 2.33. The monoisotopic (exact) mass is 342 g/mol. The van der Waals surface area contributed by atoms with E-state index in [1.165, 1.54) is 12.8 Å². The second-order valence-electron chi connectivity index (χ2n) is 6.75. The maximum atomic E-state index is 12.2. The number of rotatable bonds is 3. The lowest BCUT2D eigenvalue weighted by Crippen LogP contribution is -2.67. The Balaban J connectivity index is 0.00000192. The van der Waals surface area contributed by atoms with Crippen LogP contribution < -0.4 is 9.80 Å². The summed E-state index contributed by atoms with van der Waals surface area (Å²) in [5, 5.41) is 10.4. The van der Waals surface area contributed by atoms with Gasteiger partial charge in [-0.25, -0.2) is 0 Å². The molecule has 2 aliphatic rings. The first-order chi connectivity index (χ1) is 10.6. The summed E-state index contributed by atoms with van der Waals surface area (Å²) >= 11 is 0. The van der Waals surface area contributed by atoms with E-state index < -0.39 is 0 Å². The van der Waals surface area contributed by atoms with Crippen LogP contribution in [0, 0.1) is 5.92 Å². The Morgan fingerprint density at radius 1 is 1.17 bits per heavy atom. The van der Waals surface area contributed by atoms with Crippen LogP contribution in [0.2, 0.25) is 0 Å². The molecule has 1 saturated carbocycles. The summed E-state index contributed by atoms with van der Waals surface area (Å²) < 4.78 is 5.26. The molecule has 3 rings (SSSR count). The number of halogens is 1. The molecule has 23 heavy (non-hydrogen) atoms. The standard InChI is InChI=1S/C16H26N4O2.ClH/c1-12-7-6-8-13(2)20(12)19-11-15(22-18-19)17-16(21)14-9-4-3-5-10-14;/h11-14H,3-10H2,1-2H3;1H. The van der Waals surface area contributed by atoms with Crippen molar-refractivity contribution in [2.24, 2.45) is 5.92 Å². The fourth-order valence-electron chi connectivity index (χ4n) is 3.75. The number of nitrogens with zero attached hydrogens (tertiary/aromatic N) is 4. The number of aromatic nitrogens is 2. The SMILES string of the molecule is CC1CCCC(C)N1[n+]1cc([N-]C(=O)C2CCCCC2)on1.Cl. The zero-order chi connectivity index (χ0) is 15.5. The Kier molecular flexibility index (Phi) is 6.27. The van der Waals surface area contributed by atoms with Gasteiger partial charge in [-0.3, -0.25) is 0 Å². The lowest BCUT2D eigenvalue weighted by Gasteiger charge is -2.31. The molecule has 1 aliphatic carbocycles.